The van der Waals surface area contributed by atoms with Gasteiger partial charge < -0.3 is 15.8 Å². The van der Waals surface area contributed by atoms with Crippen molar-refractivity contribution in [3.8, 4) is 0 Å². The molecule has 0 fully saturated rings. The molecule has 0 unspecified atom stereocenters. The lowest BCUT2D eigenvalue weighted by Gasteiger charge is -2.21. The first kappa shape index (κ1) is 15.0. The highest BCUT2D eigenvalue weighted by molar-refractivity contribution is 7.17. The minimum atomic E-state index is -0.665. The number of nitrogens with one attached hydrogen (secondary N) is 1. The van der Waals surface area contributed by atoms with Crippen LogP contribution in [0.4, 0.5) is 5.00 Å². The Labute approximate surface area is 122 Å². The number of rotatable bonds is 4. The molecule has 1 heterocycles. The van der Waals surface area contributed by atoms with Crippen molar-refractivity contribution in [3.63, 3.8) is 0 Å². The molecular formula is C14H20N2O3S. The van der Waals surface area contributed by atoms with Crippen molar-refractivity contribution in [3.05, 3.63) is 16.0 Å². The van der Waals surface area contributed by atoms with Crippen molar-refractivity contribution in [1.82, 2.24) is 0 Å². The average molecular weight is 296 g/mol. The van der Waals surface area contributed by atoms with Crippen LogP contribution < -0.4 is 11.1 Å². The molecule has 20 heavy (non-hydrogen) atoms. The predicted octanol–water partition coefficient (Wildman–Crippen LogP) is 1.95. The zero-order chi connectivity index (χ0) is 14.9. The number of anilines is 1. The largest absolute Gasteiger partial charge is 0.465 e. The Morgan fingerprint density at radius 2 is 2.10 bits per heavy atom. The molecule has 0 aromatic carbocycles. The van der Waals surface area contributed by atoms with Crippen LogP contribution in [-0.4, -0.2) is 25.5 Å². The number of hydrogen-bond donors (Lipinski definition) is 2. The number of hydrogen-bond acceptors (Lipinski definition) is 5. The number of thiophene rings is 1. The standard InChI is InChI=1S/C14H20N2O3S/c1-14(2,7-15)13(18)16-11-10(12(17)19-3)8-5-4-6-9(8)20-11/h4-7,15H2,1-3H3,(H,16,18). The Kier molecular flexibility index (Phi) is 4.15. The highest BCUT2D eigenvalue weighted by Gasteiger charge is 2.31. The van der Waals surface area contributed by atoms with E-state index in [0.717, 1.165) is 24.8 Å². The highest BCUT2D eigenvalue weighted by Crippen LogP contribution is 2.39. The number of nitrogens with two attached hydrogens (primary N) is 1. The van der Waals surface area contributed by atoms with E-state index in [2.05, 4.69) is 5.32 Å². The van der Waals surface area contributed by atoms with Crippen LogP contribution in [0.25, 0.3) is 0 Å². The summed E-state index contributed by atoms with van der Waals surface area (Å²) in [6, 6.07) is 0. The van der Waals surface area contributed by atoms with Crippen LogP contribution in [0.3, 0.4) is 0 Å². The monoisotopic (exact) mass is 296 g/mol. The summed E-state index contributed by atoms with van der Waals surface area (Å²) in [5.41, 5.74) is 6.49. The number of ether oxygens (including phenoxy) is 1. The normalized spacial score (nSPS) is 14.0. The molecule has 1 aliphatic carbocycles. The molecule has 1 amide bonds. The molecule has 1 aromatic heterocycles. The molecule has 0 bridgehead atoms. The minimum absolute atomic E-state index is 0.176. The molecule has 0 saturated heterocycles. The second-order valence-corrected chi connectivity index (χ2v) is 6.70. The fourth-order valence-electron chi connectivity index (χ4n) is 2.18. The van der Waals surface area contributed by atoms with Crippen molar-refractivity contribution in [2.45, 2.75) is 33.1 Å². The van der Waals surface area contributed by atoms with Gasteiger partial charge in [-0.25, -0.2) is 4.79 Å². The van der Waals surface area contributed by atoms with E-state index in [9.17, 15) is 9.59 Å². The van der Waals surface area contributed by atoms with Gasteiger partial charge in [0.25, 0.3) is 0 Å². The lowest BCUT2D eigenvalue weighted by atomic mass is 9.93. The second kappa shape index (κ2) is 5.54. The van der Waals surface area contributed by atoms with E-state index in [1.54, 1.807) is 13.8 Å². The summed E-state index contributed by atoms with van der Waals surface area (Å²) in [4.78, 5) is 25.4. The molecule has 2 rings (SSSR count). The third kappa shape index (κ3) is 2.58. The van der Waals surface area contributed by atoms with Crippen LogP contribution in [0, 0.1) is 5.41 Å². The van der Waals surface area contributed by atoms with Gasteiger partial charge in [-0.05, 0) is 38.7 Å². The smallest absolute Gasteiger partial charge is 0.341 e. The second-order valence-electron chi connectivity index (χ2n) is 5.60. The van der Waals surface area contributed by atoms with Crippen LogP contribution in [-0.2, 0) is 22.4 Å². The van der Waals surface area contributed by atoms with Crippen LogP contribution >= 0.6 is 11.3 Å². The van der Waals surface area contributed by atoms with Crippen molar-refractivity contribution in [2.75, 3.05) is 19.0 Å². The molecule has 0 atom stereocenters. The number of fused-ring (bicyclic) bond motifs is 1. The molecule has 3 N–H and O–H groups in total. The summed E-state index contributed by atoms with van der Waals surface area (Å²) in [6.45, 7) is 3.81. The predicted molar refractivity (Wildman–Crippen MR) is 79.1 cm³/mol. The minimum Gasteiger partial charge on any atom is -0.465 e. The zero-order valence-corrected chi connectivity index (χ0v) is 12.9. The Bertz CT molecular complexity index is 549. The number of amides is 1. The number of esters is 1. The van der Waals surface area contributed by atoms with Gasteiger partial charge in [-0.15, -0.1) is 11.3 Å². The van der Waals surface area contributed by atoms with E-state index in [0.29, 0.717) is 10.6 Å². The fraction of sp³-hybridized carbons (Fsp3) is 0.571. The molecule has 0 spiro atoms. The fourth-order valence-corrected chi connectivity index (χ4v) is 3.45. The van der Waals surface area contributed by atoms with Gasteiger partial charge in [0, 0.05) is 11.4 Å². The third-order valence-electron chi connectivity index (χ3n) is 3.66. The lowest BCUT2D eigenvalue weighted by Crippen LogP contribution is -2.37. The van der Waals surface area contributed by atoms with E-state index in [-0.39, 0.29) is 18.4 Å². The number of carbonyl (C=O) groups is 2. The third-order valence-corrected chi connectivity index (χ3v) is 4.87. The summed E-state index contributed by atoms with van der Waals surface area (Å²) in [5.74, 6) is -0.560. The first-order valence-corrected chi connectivity index (χ1v) is 7.46. The van der Waals surface area contributed by atoms with Gasteiger partial charge in [-0.3, -0.25) is 4.79 Å². The molecule has 0 radical (unpaired) electrons. The van der Waals surface area contributed by atoms with E-state index in [4.69, 9.17) is 10.5 Å². The van der Waals surface area contributed by atoms with E-state index in [1.165, 1.54) is 23.3 Å². The molecule has 110 valence electrons. The molecular weight excluding hydrogens is 276 g/mol. The maximum atomic E-state index is 12.2. The van der Waals surface area contributed by atoms with Gasteiger partial charge in [0.15, 0.2) is 0 Å². The summed E-state index contributed by atoms with van der Waals surface area (Å²) in [6.07, 6.45) is 2.88. The van der Waals surface area contributed by atoms with Crippen molar-refractivity contribution < 1.29 is 14.3 Å². The highest BCUT2D eigenvalue weighted by atomic mass is 32.1. The zero-order valence-electron chi connectivity index (χ0n) is 12.0. The van der Waals surface area contributed by atoms with E-state index < -0.39 is 5.41 Å². The van der Waals surface area contributed by atoms with Gasteiger partial charge >= 0.3 is 5.97 Å². The molecule has 5 nitrogen and oxygen atoms in total. The van der Waals surface area contributed by atoms with Crippen molar-refractivity contribution in [2.24, 2.45) is 11.1 Å². The Morgan fingerprint density at radius 3 is 2.70 bits per heavy atom. The average Bonchev–Trinajstić information content (AvgIpc) is 2.98. The molecule has 1 aliphatic rings. The summed E-state index contributed by atoms with van der Waals surface area (Å²) in [7, 11) is 1.36. The molecule has 6 heteroatoms. The van der Waals surface area contributed by atoms with E-state index >= 15 is 0 Å². The SMILES string of the molecule is COC(=O)c1c(NC(=O)C(C)(C)CN)sc2c1CCC2. The first-order chi connectivity index (χ1) is 9.40. The van der Waals surface area contributed by atoms with Crippen LogP contribution in [0.2, 0.25) is 0 Å². The summed E-state index contributed by atoms with van der Waals surface area (Å²) in [5, 5.41) is 3.44. The van der Waals surface area contributed by atoms with Crippen LogP contribution in [0.5, 0.6) is 0 Å². The van der Waals surface area contributed by atoms with Gasteiger partial charge in [0.05, 0.1) is 18.1 Å². The Hall–Kier alpha value is -1.40. The van der Waals surface area contributed by atoms with Gasteiger partial charge in [-0.1, -0.05) is 0 Å². The number of aryl methyl sites for hydroxylation is 1. The van der Waals surface area contributed by atoms with E-state index in [1.807, 2.05) is 0 Å². The Morgan fingerprint density at radius 1 is 1.40 bits per heavy atom. The number of carbonyl (C=O) groups excluding carboxylic acids is 2. The lowest BCUT2D eigenvalue weighted by molar-refractivity contribution is -0.123. The quantitative estimate of drug-likeness (QED) is 0.832. The molecule has 1 aromatic rings. The first-order valence-electron chi connectivity index (χ1n) is 6.65. The summed E-state index contributed by atoms with van der Waals surface area (Å²) < 4.78 is 4.85. The van der Waals surface area contributed by atoms with Crippen LogP contribution in [0.1, 0.15) is 41.1 Å². The summed E-state index contributed by atoms with van der Waals surface area (Å²) >= 11 is 1.47. The molecule has 0 saturated carbocycles. The number of methoxy groups -OCH3 is 1. The maximum absolute atomic E-state index is 12.2. The van der Waals surface area contributed by atoms with Crippen molar-refractivity contribution in [1.29, 1.82) is 0 Å². The van der Waals surface area contributed by atoms with Crippen LogP contribution in [0.15, 0.2) is 0 Å². The maximum Gasteiger partial charge on any atom is 0.341 e. The van der Waals surface area contributed by atoms with Crippen molar-refractivity contribution >= 4 is 28.2 Å². The van der Waals surface area contributed by atoms with Gasteiger partial charge in [-0.2, -0.15) is 0 Å². The topological polar surface area (TPSA) is 81.4 Å². The van der Waals surface area contributed by atoms with Gasteiger partial charge in [0.2, 0.25) is 5.91 Å². The van der Waals surface area contributed by atoms with Gasteiger partial charge in [0.1, 0.15) is 5.00 Å². The molecule has 0 aliphatic heterocycles. The Balaban J connectivity index is 2.33.